The van der Waals surface area contributed by atoms with Crippen molar-refractivity contribution < 1.29 is 0 Å². The summed E-state index contributed by atoms with van der Waals surface area (Å²) in [5.41, 5.74) is 6.28. The molecule has 0 aromatic rings. The van der Waals surface area contributed by atoms with E-state index < -0.39 is 0 Å². The van der Waals surface area contributed by atoms with Crippen molar-refractivity contribution in [2.75, 3.05) is 6.54 Å². The summed E-state index contributed by atoms with van der Waals surface area (Å²) >= 11 is 0. The van der Waals surface area contributed by atoms with Gasteiger partial charge in [0.1, 0.15) is 0 Å². The van der Waals surface area contributed by atoms with E-state index in [9.17, 15) is 0 Å². The molecular weight excluding hydrogens is 184 g/mol. The second-order valence-electron chi connectivity index (χ2n) is 5.16. The van der Waals surface area contributed by atoms with Crippen molar-refractivity contribution in [3.63, 3.8) is 0 Å². The first-order valence-corrected chi connectivity index (χ1v) is 6.71. The molecule has 1 heterocycles. The van der Waals surface area contributed by atoms with E-state index in [1.807, 2.05) is 0 Å². The van der Waals surface area contributed by atoms with E-state index in [4.69, 9.17) is 5.73 Å². The molecule has 2 fully saturated rings. The summed E-state index contributed by atoms with van der Waals surface area (Å²) in [7, 11) is 0. The normalized spacial score (nSPS) is 35.8. The van der Waals surface area contributed by atoms with Crippen LogP contribution in [-0.4, -0.2) is 18.6 Å². The van der Waals surface area contributed by atoms with Crippen LogP contribution in [0.15, 0.2) is 0 Å². The van der Waals surface area contributed by atoms with E-state index in [0.717, 1.165) is 0 Å². The molecule has 1 saturated carbocycles. The summed E-state index contributed by atoms with van der Waals surface area (Å²) in [5.74, 6) is 1.72. The van der Waals surface area contributed by atoms with Crippen molar-refractivity contribution in [3.05, 3.63) is 5.92 Å². The van der Waals surface area contributed by atoms with E-state index in [0.29, 0.717) is 12.1 Å². The van der Waals surface area contributed by atoms with Crippen molar-refractivity contribution in [2.45, 2.75) is 69.9 Å². The van der Waals surface area contributed by atoms with Crippen LogP contribution in [-0.2, 0) is 0 Å². The molecule has 1 unspecified atom stereocenters. The van der Waals surface area contributed by atoms with E-state index in [1.54, 1.807) is 5.92 Å². The monoisotopic (exact) mass is 209 g/mol. The van der Waals surface area contributed by atoms with Crippen LogP contribution in [0.2, 0.25) is 0 Å². The van der Waals surface area contributed by atoms with E-state index >= 15 is 0 Å². The van der Waals surface area contributed by atoms with Gasteiger partial charge in [0.15, 0.2) is 0 Å². The summed E-state index contributed by atoms with van der Waals surface area (Å²) in [6.45, 7) is 1.17. The minimum Gasteiger partial charge on any atom is -0.326 e. The zero-order valence-corrected chi connectivity index (χ0v) is 9.80. The first kappa shape index (κ1) is 11.4. The van der Waals surface area contributed by atoms with Gasteiger partial charge in [0.05, 0.1) is 0 Å². The summed E-state index contributed by atoms with van der Waals surface area (Å²) in [6.07, 6.45) is 12.1. The second-order valence-corrected chi connectivity index (χ2v) is 5.16. The Hall–Kier alpha value is -0.0800. The highest BCUT2D eigenvalue weighted by atomic mass is 15.0. The van der Waals surface area contributed by atoms with Crippen LogP contribution in [0, 0.1) is 5.92 Å². The zero-order valence-electron chi connectivity index (χ0n) is 9.80. The molecule has 2 aliphatic rings. The molecule has 1 saturated heterocycles. The fraction of sp³-hybridized carbons (Fsp3) is 0.923. The predicted molar refractivity (Wildman–Crippen MR) is 64.6 cm³/mol. The highest BCUT2D eigenvalue weighted by Crippen LogP contribution is 2.30. The highest BCUT2D eigenvalue weighted by molar-refractivity contribution is 5.07. The highest BCUT2D eigenvalue weighted by Gasteiger charge is 2.28. The van der Waals surface area contributed by atoms with Gasteiger partial charge < -0.3 is 11.1 Å². The van der Waals surface area contributed by atoms with Crippen molar-refractivity contribution in [2.24, 2.45) is 5.73 Å². The molecule has 3 N–H and O–H groups in total. The Kier molecular flexibility index (Phi) is 4.45. The van der Waals surface area contributed by atoms with Crippen LogP contribution in [0.3, 0.4) is 0 Å². The summed E-state index contributed by atoms with van der Waals surface area (Å²) in [6, 6.07) is 0.909. The molecule has 1 aliphatic carbocycles. The Balaban J connectivity index is 1.92. The lowest BCUT2D eigenvalue weighted by Gasteiger charge is -2.30. The van der Waals surface area contributed by atoms with E-state index in [1.165, 1.54) is 64.3 Å². The molecule has 87 valence electrons. The van der Waals surface area contributed by atoms with Gasteiger partial charge in [-0.2, -0.15) is 0 Å². The van der Waals surface area contributed by atoms with Crippen LogP contribution in [0.5, 0.6) is 0 Å². The number of hydrogen-bond acceptors (Lipinski definition) is 2. The standard InChI is InChI=1S/C13H25N2/c14-12-9-5-6-10-15-13(12)11-7-3-1-2-4-8-11/h12-13,15H,1-10,14H2/t12-,13?/m1/s1. The maximum atomic E-state index is 6.28. The molecule has 2 atom stereocenters. The predicted octanol–water partition coefficient (Wildman–Crippen LogP) is 2.38. The van der Waals surface area contributed by atoms with Gasteiger partial charge in [-0.3, -0.25) is 0 Å². The fourth-order valence-electron chi connectivity index (χ4n) is 3.02. The van der Waals surface area contributed by atoms with Gasteiger partial charge in [-0.25, -0.2) is 0 Å². The lowest BCUT2D eigenvalue weighted by atomic mass is 9.86. The first-order chi connectivity index (χ1) is 7.38. The molecule has 15 heavy (non-hydrogen) atoms. The van der Waals surface area contributed by atoms with Crippen LogP contribution >= 0.6 is 0 Å². The third-order valence-electron chi connectivity index (χ3n) is 3.94. The smallest absolute Gasteiger partial charge is 0.0281 e. The average molecular weight is 209 g/mol. The molecular formula is C13H25N2. The summed E-state index contributed by atoms with van der Waals surface area (Å²) < 4.78 is 0. The third-order valence-corrected chi connectivity index (χ3v) is 3.94. The topological polar surface area (TPSA) is 38.0 Å². The molecule has 2 rings (SSSR count). The fourth-order valence-corrected chi connectivity index (χ4v) is 3.02. The minimum absolute atomic E-state index is 0.376. The Morgan fingerprint density at radius 2 is 1.67 bits per heavy atom. The molecule has 0 amide bonds. The molecule has 0 aromatic carbocycles. The van der Waals surface area contributed by atoms with E-state index in [2.05, 4.69) is 5.32 Å². The molecule has 0 spiro atoms. The molecule has 0 aromatic heterocycles. The van der Waals surface area contributed by atoms with Gasteiger partial charge >= 0.3 is 0 Å². The molecule has 2 heteroatoms. The van der Waals surface area contributed by atoms with Crippen LogP contribution in [0.4, 0.5) is 0 Å². The Morgan fingerprint density at radius 3 is 2.40 bits per heavy atom. The Morgan fingerprint density at radius 1 is 0.933 bits per heavy atom. The summed E-state index contributed by atoms with van der Waals surface area (Å²) in [4.78, 5) is 0. The minimum atomic E-state index is 0.376. The van der Waals surface area contributed by atoms with Gasteiger partial charge in [-0.15, -0.1) is 0 Å². The van der Waals surface area contributed by atoms with Gasteiger partial charge in [0.25, 0.3) is 0 Å². The van der Waals surface area contributed by atoms with Gasteiger partial charge in [0.2, 0.25) is 0 Å². The van der Waals surface area contributed by atoms with Crippen molar-refractivity contribution in [1.82, 2.24) is 5.32 Å². The molecule has 0 bridgehead atoms. The SMILES string of the molecule is N[C@@H]1CCCCNC1[C]1CCCCCC1. The maximum Gasteiger partial charge on any atom is 0.0281 e. The number of nitrogens with two attached hydrogens (primary N) is 1. The average Bonchev–Trinajstić information content (AvgIpc) is 2.59. The van der Waals surface area contributed by atoms with Crippen molar-refractivity contribution in [3.8, 4) is 0 Å². The van der Waals surface area contributed by atoms with Gasteiger partial charge in [-0.1, -0.05) is 32.1 Å². The lowest BCUT2D eigenvalue weighted by molar-refractivity contribution is 0.424. The van der Waals surface area contributed by atoms with Crippen LogP contribution < -0.4 is 11.1 Å². The van der Waals surface area contributed by atoms with E-state index in [-0.39, 0.29) is 0 Å². The lowest BCUT2D eigenvalue weighted by Crippen LogP contribution is -2.47. The quantitative estimate of drug-likeness (QED) is 0.651. The molecule has 1 aliphatic heterocycles. The Labute approximate surface area is 94.0 Å². The Bertz CT molecular complexity index is 173. The molecule has 1 radical (unpaired) electrons. The van der Waals surface area contributed by atoms with Gasteiger partial charge in [-0.05, 0) is 38.1 Å². The summed E-state index contributed by atoms with van der Waals surface area (Å²) in [5, 5.41) is 3.67. The van der Waals surface area contributed by atoms with Crippen LogP contribution in [0.1, 0.15) is 57.8 Å². The van der Waals surface area contributed by atoms with Crippen molar-refractivity contribution >= 4 is 0 Å². The van der Waals surface area contributed by atoms with Gasteiger partial charge in [0, 0.05) is 12.1 Å². The number of nitrogens with one attached hydrogen (secondary N) is 1. The first-order valence-electron chi connectivity index (χ1n) is 6.71. The zero-order chi connectivity index (χ0) is 10.5. The maximum absolute atomic E-state index is 6.28. The van der Waals surface area contributed by atoms with Crippen molar-refractivity contribution in [1.29, 1.82) is 0 Å². The largest absolute Gasteiger partial charge is 0.326 e. The second kappa shape index (κ2) is 5.86. The number of hydrogen-bond donors (Lipinski definition) is 2. The third kappa shape index (κ3) is 3.18. The molecule has 2 nitrogen and oxygen atoms in total. The van der Waals surface area contributed by atoms with Crippen LogP contribution in [0.25, 0.3) is 0 Å². The number of rotatable bonds is 1.